The second kappa shape index (κ2) is 3.61. The lowest BCUT2D eigenvalue weighted by molar-refractivity contribution is 0.915. The Labute approximate surface area is 86.7 Å². The fourth-order valence-corrected chi connectivity index (χ4v) is 2.36. The smallest absolute Gasteiger partial charge is 0.00604 e. The number of hydrogen-bond donors (Lipinski definition) is 0. The molecule has 14 heavy (non-hydrogen) atoms. The molecule has 0 heterocycles. The summed E-state index contributed by atoms with van der Waals surface area (Å²) in [6.45, 7) is 6.68. The van der Waals surface area contributed by atoms with E-state index in [4.69, 9.17) is 0 Å². The van der Waals surface area contributed by atoms with Crippen molar-refractivity contribution in [1.29, 1.82) is 0 Å². The second-order valence-corrected chi connectivity index (χ2v) is 4.41. The van der Waals surface area contributed by atoms with Crippen LogP contribution in [0.2, 0.25) is 0 Å². The summed E-state index contributed by atoms with van der Waals surface area (Å²) in [5.74, 6) is 0. The summed E-state index contributed by atoms with van der Waals surface area (Å²) in [7, 11) is 0. The van der Waals surface area contributed by atoms with Crippen LogP contribution in [0, 0.1) is 6.92 Å². The molecule has 0 amide bonds. The second-order valence-electron chi connectivity index (χ2n) is 4.41. The third-order valence-corrected chi connectivity index (χ3v) is 2.88. The van der Waals surface area contributed by atoms with Gasteiger partial charge in [-0.25, -0.2) is 0 Å². The predicted molar refractivity (Wildman–Crippen MR) is 62.5 cm³/mol. The molecular formula is C14H18. The SMILES string of the molecule is CCCc1cc(C)cc2c1C=C(C)C2. The number of aryl methyl sites for hydroxylation is 2. The summed E-state index contributed by atoms with van der Waals surface area (Å²) >= 11 is 0. The average molecular weight is 186 g/mol. The third kappa shape index (κ3) is 1.61. The minimum absolute atomic E-state index is 1.16. The van der Waals surface area contributed by atoms with E-state index in [1.807, 2.05) is 0 Å². The molecule has 0 atom stereocenters. The van der Waals surface area contributed by atoms with Crippen molar-refractivity contribution in [3.8, 4) is 0 Å². The standard InChI is InChI=1S/C14H18/c1-4-5-12-6-10(2)7-13-8-11(3)9-14(12)13/h6-7,9H,4-5,8H2,1-3H3. The third-order valence-electron chi connectivity index (χ3n) is 2.88. The fraction of sp³-hybridized carbons (Fsp3) is 0.429. The summed E-state index contributed by atoms with van der Waals surface area (Å²) in [4.78, 5) is 0. The molecule has 1 aromatic rings. The number of hydrogen-bond acceptors (Lipinski definition) is 0. The minimum atomic E-state index is 1.16. The highest BCUT2D eigenvalue weighted by atomic mass is 14.2. The molecule has 1 aromatic carbocycles. The summed E-state index contributed by atoms with van der Waals surface area (Å²) in [6.07, 6.45) is 5.98. The van der Waals surface area contributed by atoms with Crippen LogP contribution in [0.1, 0.15) is 42.5 Å². The van der Waals surface area contributed by atoms with Crippen LogP contribution in [0.25, 0.3) is 6.08 Å². The number of allylic oxidation sites excluding steroid dienone is 1. The van der Waals surface area contributed by atoms with Gasteiger partial charge in [-0.15, -0.1) is 0 Å². The molecule has 0 saturated carbocycles. The molecule has 0 saturated heterocycles. The zero-order chi connectivity index (χ0) is 10.1. The van der Waals surface area contributed by atoms with Crippen LogP contribution in [0.15, 0.2) is 17.7 Å². The van der Waals surface area contributed by atoms with Gasteiger partial charge in [-0.3, -0.25) is 0 Å². The molecule has 0 N–H and O–H groups in total. The predicted octanol–water partition coefficient (Wildman–Crippen LogP) is 3.91. The first kappa shape index (κ1) is 9.51. The summed E-state index contributed by atoms with van der Waals surface area (Å²) in [6, 6.07) is 4.68. The van der Waals surface area contributed by atoms with Crippen LogP contribution in [0.4, 0.5) is 0 Å². The van der Waals surface area contributed by atoms with E-state index in [-0.39, 0.29) is 0 Å². The van der Waals surface area contributed by atoms with E-state index in [0.717, 1.165) is 6.42 Å². The highest BCUT2D eigenvalue weighted by Crippen LogP contribution is 2.29. The van der Waals surface area contributed by atoms with Crippen molar-refractivity contribution in [2.75, 3.05) is 0 Å². The summed E-state index contributed by atoms with van der Waals surface area (Å²) in [5.41, 5.74) is 7.50. The fourth-order valence-electron chi connectivity index (χ4n) is 2.36. The Morgan fingerprint density at radius 1 is 1.21 bits per heavy atom. The summed E-state index contributed by atoms with van der Waals surface area (Å²) in [5, 5.41) is 0. The highest BCUT2D eigenvalue weighted by Gasteiger charge is 2.13. The van der Waals surface area contributed by atoms with Gasteiger partial charge in [0.15, 0.2) is 0 Å². The number of rotatable bonds is 2. The van der Waals surface area contributed by atoms with Gasteiger partial charge in [0.25, 0.3) is 0 Å². The molecule has 0 bridgehead atoms. The molecule has 0 spiro atoms. The maximum absolute atomic E-state index is 2.36. The molecule has 0 fully saturated rings. The van der Waals surface area contributed by atoms with Crippen molar-refractivity contribution < 1.29 is 0 Å². The Kier molecular flexibility index (Phi) is 2.45. The van der Waals surface area contributed by atoms with Crippen LogP contribution in [-0.2, 0) is 12.8 Å². The molecule has 0 heteroatoms. The van der Waals surface area contributed by atoms with Gasteiger partial charge in [0.05, 0.1) is 0 Å². The first-order chi connectivity index (χ1) is 6.70. The van der Waals surface area contributed by atoms with E-state index in [2.05, 4.69) is 39.0 Å². The van der Waals surface area contributed by atoms with Crippen molar-refractivity contribution in [3.05, 3.63) is 40.0 Å². The van der Waals surface area contributed by atoms with Gasteiger partial charge in [0.1, 0.15) is 0 Å². The van der Waals surface area contributed by atoms with Crippen molar-refractivity contribution in [2.45, 2.75) is 40.0 Å². The Balaban J connectivity index is 2.48. The quantitative estimate of drug-likeness (QED) is 0.657. The maximum atomic E-state index is 2.36. The molecule has 0 aliphatic heterocycles. The molecule has 0 aromatic heterocycles. The average Bonchev–Trinajstić information content (AvgIpc) is 2.45. The maximum Gasteiger partial charge on any atom is -0.00604 e. The van der Waals surface area contributed by atoms with E-state index in [0.29, 0.717) is 0 Å². The van der Waals surface area contributed by atoms with Crippen LogP contribution < -0.4 is 0 Å². The van der Waals surface area contributed by atoms with Crippen molar-refractivity contribution in [3.63, 3.8) is 0 Å². The number of fused-ring (bicyclic) bond motifs is 1. The van der Waals surface area contributed by atoms with Gasteiger partial charge in [0.2, 0.25) is 0 Å². The molecule has 2 rings (SSSR count). The zero-order valence-electron chi connectivity index (χ0n) is 9.35. The first-order valence-electron chi connectivity index (χ1n) is 5.50. The Bertz CT molecular complexity index is 383. The largest absolute Gasteiger partial charge is 0.0683 e. The molecule has 74 valence electrons. The molecule has 1 aliphatic rings. The Morgan fingerprint density at radius 2 is 2.00 bits per heavy atom. The lowest BCUT2D eigenvalue weighted by atomic mass is 9.97. The van der Waals surface area contributed by atoms with Crippen LogP contribution in [0.3, 0.4) is 0 Å². The van der Waals surface area contributed by atoms with E-state index in [9.17, 15) is 0 Å². The lowest BCUT2D eigenvalue weighted by Crippen LogP contribution is -1.93. The van der Waals surface area contributed by atoms with Crippen LogP contribution in [0.5, 0.6) is 0 Å². The van der Waals surface area contributed by atoms with Crippen molar-refractivity contribution in [1.82, 2.24) is 0 Å². The van der Waals surface area contributed by atoms with Gasteiger partial charge in [0, 0.05) is 0 Å². The minimum Gasteiger partial charge on any atom is -0.0683 e. The zero-order valence-corrected chi connectivity index (χ0v) is 9.35. The van der Waals surface area contributed by atoms with Crippen molar-refractivity contribution in [2.24, 2.45) is 0 Å². The van der Waals surface area contributed by atoms with Crippen molar-refractivity contribution >= 4 is 6.08 Å². The van der Waals surface area contributed by atoms with Gasteiger partial charge in [-0.05, 0) is 43.4 Å². The Hall–Kier alpha value is -1.04. The van der Waals surface area contributed by atoms with E-state index in [1.54, 1.807) is 5.56 Å². The molecule has 0 unspecified atom stereocenters. The van der Waals surface area contributed by atoms with Gasteiger partial charge in [-0.2, -0.15) is 0 Å². The van der Waals surface area contributed by atoms with Gasteiger partial charge < -0.3 is 0 Å². The summed E-state index contributed by atoms with van der Waals surface area (Å²) < 4.78 is 0. The molecular weight excluding hydrogens is 168 g/mol. The Morgan fingerprint density at radius 3 is 2.71 bits per heavy atom. The van der Waals surface area contributed by atoms with E-state index in [1.165, 1.54) is 35.1 Å². The van der Waals surface area contributed by atoms with Crippen LogP contribution in [-0.4, -0.2) is 0 Å². The molecule has 1 aliphatic carbocycles. The van der Waals surface area contributed by atoms with Gasteiger partial charge >= 0.3 is 0 Å². The van der Waals surface area contributed by atoms with Crippen LogP contribution >= 0.6 is 0 Å². The van der Waals surface area contributed by atoms with Gasteiger partial charge in [-0.1, -0.05) is 42.7 Å². The van der Waals surface area contributed by atoms with E-state index < -0.39 is 0 Å². The van der Waals surface area contributed by atoms with E-state index >= 15 is 0 Å². The molecule has 0 nitrogen and oxygen atoms in total. The highest BCUT2D eigenvalue weighted by molar-refractivity contribution is 5.67. The first-order valence-corrected chi connectivity index (χ1v) is 5.50. The topological polar surface area (TPSA) is 0 Å². The molecule has 0 radical (unpaired) electrons. The lowest BCUT2D eigenvalue weighted by Gasteiger charge is -2.08. The monoisotopic (exact) mass is 186 g/mol. The normalized spacial score (nSPS) is 14.1. The number of benzene rings is 1.